The molecule has 2 N–H and O–H groups in total. The molecule has 0 unspecified atom stereocenters. The molecule has 33 heavy (non-hydrogen) atoms. The smallest absolute Gasteiger partial charge is 0.269 e. The number of nitrogens with one attached hydrogen (secondary N) is 2. The Hall–Kier alpha value is -3.13. The van der Waals surface area contributed by atoms with Crippen molar-refractivity contribution in [2.45, 2.75) is 63.9 Å². The molecular formula is C24H26ClN5O3. The standard InChI is InChI=1S/C24H26ClN5O3/c1-24(2,33-16-11-9-15(25)10-12-16)22(32)27-20-13-19(14-7-8-14)29-30(20)23-26-18-6-4-3-5-17(18)21(31)28-23/h9-14H,3-8H2,1-2H3,(H,27,32)(H,26,28,31). The molecule has 2 aromatic heterocycles. The van der Waals surface area contributed by atoms with Crippen LogP contribution in [-0.4, -0.2) is 31.3 Å². The van der Waals surface area contributed by atoms with Crippen molar-refractivity contribution in [2.75, 3.05) is 5.32 Å². The van der Waals surface area contributed by atoms with Crippen molar-refractivity contribution < 1.29 is 9.53 Å². The molecule has 1 aromatic carbocycles. The van der Waals surface area contributed by atoms with Crippen LogP contribution in [0, 0.1) is 0 Å². The minimum absolute atomic E-state index is 0.137. The number of rotatable bonds is 6. The third kappa shape index (κ3) is 4.53. The van der Waals surface area contributed by atoms with Crippen molar-refractivity contribution in [1.82, 2.24) is 19.7 Å². The Bertz CT molecular complexity index is 1260. The quantitative estimate of drug-likeness (QED) is 0.566. The van der Waals surface area contributed by atoms with Crippen LogP contribution in [0.25, 0.3) is 5.95 Å². The molecule has 1 fully saturated rings. The summed E-state index contributed by atoms with van der Waals surface area (Å²) in [6, 6.07) is 8.70. The maximum atomic E-state index is 13.2. The number of carbonyl (C=O) groups is 1. The first-order chi connectivity index (χ1) is 15.8. The minimum atomic E-state index is -1.17. The zero-order valence-corrected chi connectivity index (χ0v) is 19.4. The molecule has 0 bridgehead atoms. The summed E-state index contributed by atoms with van der Waals surface area (Å²) in [5.41, 5.74) is 1.14. The second kappa shape index (κ2) is 8.33. The largest absolute Gasteiger partial charge is 0.478 e. The lowest BCUT2D eigenvalue weighted by atomic mass is 9.97. The van der Waals surface area contributed by atoms with E-state index >= 15 is 0 Å². The number of H-pyrrole nitrogens is 1. The van der Waals surface area contributed by atoms with Crippen molar-refractivity contribution >= 4 is 23.3 Å². The summed E-state index contributed by atoms with van der Waals surface area (Å²) in [6.07, 6.45) is 5.63. The molecule has 0 atom stereocenters. The number of fused-ring (bicyclic) bond motifs is 1. The van der Waals surface area contributed by atoms with Gasteiger partial charge >= 0.3 is 0 Å². The average Bonchev–Trinajstić information content (AvgIpc) is 3.55. The highest BCUT2D eigenvalue weighted by molar-refractivity contribution is 6.30. The summed E-state index contributed by atoms with van der Waals surface area (Å²) in [6.45, 7) is 3.39. The molecule has 0 radical (unpaired) electrons. The van der Waals surface area contributed by atoms with Gasteiger partial charge in [0, 0.05) is 22.6 Å². The predicted molar refractivity (Wildman–Crippen MR) is 125 cm³/mol. The molecule has 2 aliphatic carbocycles. The van der Waals surface area contributed by atoms with Crippen molar-refractivity contribution in [3.05, 3.63) is 62.7 Å². The first-order valence-electron chi connectivity index (χ1n) is 11.3. The van der Waals surface area contributed by atoms with E-state index in [1.165, 1.54) is 4.68 Å². The van der Waals surface area contributed by atoms with Gasteiger partial charge in [0.15, 0.2) is 5.60 Å². The number of hydrogen-bond donors (Lipinski definition) is 2. The molecule has 0 spiro atoms. The summed E-state index contributed by atoms with van der Waals surface area (Å²) in [5, 5.41) is 8.20. The van der Waals surface area contributed by atoms with Gasteiger partial charge < -0.3 is 10.1 Å². The second-order valence-electron chi connectivity index (χ2n) is 9.18. The molecular weight excluding hydrogens is 442 g/mol. The van der Waals surface area contributed by atoms with E-state index in [0.717, 1.165) is 55.5 Å². The molecule has 5 rings (SSSR count). The number of benzene rings is 1. The van der Waals surface area contributed by atoms with Gasteiger partial charge in [0.25, 0.3) is 11.5 Å². The van der Waals surface area contributed by atoms with Crippen LogP contribution in [0.5, 0.6) is 5.75 Å². The highest BCUT2D eigenvalue weighted by Gasteiger charge is 2.33. The zero-order chi connectivity index (χ0) is 23.2. The minimum Gasteiger partial charge on any atom is -0.478 e. The summed E-state index contributed by atoms with van der Waals surface area (Å²) in [7, 11) is 0. The number of aromatic amines is 1. The number of carbonyl (C=O) groups excluding carboxylic acids is 1. The van der Waals surface area contributed by atoms with E-state index in [4.69, 9.17) is 21.3 Å². The van der Waals surface area contributed by atoms with Gasteiger partial charge in [0.1, 0.15) is 11.6 Å². The SMILES string of the molecule is CC(C)(Oc1ccc(Cl)cc1)C(=O)Nc1cc(C2CC2)nn1-c1nc2c(c(=O)[nH]1)CCCC2. The molecule has 2 heterocycles. The maximum absolute atomic E-state index is 13.2. The number of amides is 1. The van der Waals surface area contributed by atoms with Crippen LogP contribution >= 0.6 is 11.6 Å². The lowest BCUT2D eigenvalue weighted by Gasteiger charge is -2.25. The van der Waals surface area contributed by atoms with Crippen LogP contribution < -0.4 is 15.6 Å². The fourth-order valence-electron chi connectivity index (χ4n) is 4.03. The predicted octanol–water partition coefficient (Wildman–Crippen LogP) is 4.16. The van der Waals surface area contributed by atoms with Gasteiger partial charge in [0.2, 0.25) is 5.95 Å². The highest BCUT2D eigenvalue weighted by Crippen LogP contribution is 2.40. The second-order valence-corrected chi connectivity index (χ2v) is 9.62. The topological polar surface area (TPSA) is 102 Å². The Kier molecular flexibility index (Phi) is 5.48. The Labute approximate surface area is 196 Å². The van der Waals surface area contributed by atoms with Crippen LogP contribution in [0.4, 0.5) is 5.82 Å². The van der Waals surface area contributed by atoms with E-state index in [1.54, 1.807) is 38.1 Å². The first-order valence-corrected chi connectivity index (χ1v) is 11.7. The summed E-state index contributed by atoms with van der Waals surface area (Å²) < 4.78 is 7.45. The maximum Gasteiger partial charge on any atom is 0.269 e. The average molecular weight is 468 g/mol. The number of hydrogen-bond acceptors (Lipinski definition) is 5. The molecule has 1 amide bonds. The fraction of sp³-hybridized carbons (Fsp3) is 0.417. The molecule has 0 saturated heterocycles. The van der Waals surface area contributed by atoms with E-state index in [1.807, 2.05) is 6.07 Å². The summed E-state index contributed by atoms with van der Waals surface area (Å²) >= 11 is 5.94. The lowest BCUT2D eigenvalue weighted by molar-refractivity contribution is -0.128. The number of ether oxygens (including phenoxy) is 1. The van der Waals surface area contributed by atoms with Gasteiger partial charge in [-0.3, -0.25) is 14.6 Å². The van der Waals surface area contributed by atoms with Crippen molar-refractivity contribution in [2.24, 2.45) is 0 Å². The zero-order valence-electron chi connectivity index (χ0n) is 18.7. The van der Waals surface area contributed by atoms with Crippen LogP contribution in [0.2, 0.25) is 5.02 Å². The third-order valence-electron chi connectivity index (χ3n) is 6.08. The van der Waals surface area contributed by atoms with Crippen LogP contribution in [0.15, 0.2) is 35.1 Å². The van der Waals surface area contributed by atoms with Gasteiger partial charge in [-0.15, -0.1) is 0 Å². The number of halogens is 1. The molecule has 2 aliphatic rings. The lowest BCUT2D eigenvalue weighted by Crippen LogP contribution is -2.43. The van der Waals surface area contributed by atoms with Crippen LogP contribution in [0.3, 0.4) is 0 Å². The Morgan fingerprint density at radius 2 is 1.94 bits per heavy atom. The van der Waals surface area contributed by atoms with Gasteiger partial charge in [-0.1, -0.05) is 11.6 Å². The Morgan fingerprint density at radius 3 is 2.67 bits per heavy atom. The van der Waals surface area contributed by atoms with Gasteiger partial charge in [-0.05, 0) is 76.6 Å². The van der Waals surface area contributed by atoms with Crippen molar-refractivity contribution in [1.29, 1.82) is 0 Å². The molecule has 3 aromatic rings. The monoisotopic (exact) mass is 467 g/mol. The van der Waals surface area contributed by atoms with E-state index in [0.29, 0.717) is 28.5 Å². The van der Waals surface area contributed by atoms with Gasteiger partial charge in [-0.25, -0.2) is 4.98 Å². The summed E-state index contributed by atoms with van der Waals surface area (Å²) in [5.74, 6) is 1.33. The van der Waals surface area contributed by atoms with E-state index in [-0.39, 0.29) is 11.5 Å². The van der Waals surface area contributed by atoms with Gasteiger partial charge in [0.05, 0.1) is 11.4 Å². The van der Waals surface area contributed by atoms with Crippen molar-refractivity contribution in [3.63, 3.8) is 0 Å². The molecule has 0 aliphatic heterocycles. The Morgan fingerprint density at radius 1 is 1.21 bits per heavy atom. The number of aromatic nitrogens is 4. The van der Waals surface area contributed by atoms with E-state index in [2.05, 4.69) is 15.4 Å². The van der Waals surface area contributed by atoms with Crippen LogP contribution in [0.1, 0.15) is 62.4 Å². The fourth-order valence-corrected chi connectivity index (χ4v) is 4.16. The normalized spacial score (nSPS) is 15.7. The molecule has 172 valence electrons. The molecule has 1 saturated carbocycles. The molecule has 9 heteroatoms. The van der Waals surface area contributed by atoms with Crippen molar-refractivity contribution in [3.8, 4) is 11.7 Å². The third-order valence-corrected chi connectivity index (χ3v) is 6.33. The van der Waals surface area contributed by atoms with E-state index in [9.17, 15) is 9.59 Å². The summed E-state index contributed by atoms with van der Waals surface area (Å²) in [4.78, 5) is 33.4. The first kappa shape index (κ1) is 21.7. The van der Waals surface area contributed by atoms with Gasteiger partial charge in [-0.2, -0.15) is 9.78 Å². The highest BCUT2D eigenvalue weighted by atomic mass is 35.5. The Balaban J connectivity index is 1.45. The van der Waals surface area contributed by atoms with E-state index < -0.39 is 5.60 Å². The number of nitrogens with zero attached hydrogens (tertiary/aromatic N) is 3. The number of anilines is 1. The molecule has 8 nitrogen and oxygen atoms in total. The van der Waals surface area contributed by atoms with Crippen LogP contribution in [-0.2, 0) is 17.6 Å². The number of aryl methyl sites for hydroxylation is 1.